The van der Waals surface area contributed by atoms with E-state index in [2.05, 4.69) is 17.6 Å². The van der Waals surface area contributed by atoms with Gasteiger partial charge < -0.3 is 15.4 Å². The van der Waals surface area contributed by atoms with E-state index in [1.165, 1.54) is 11.3 Å². The Balaban J connectivity index is 1.85. The lowest BCUT2D eigenvalue weighted by molar-refractivity contribution is 0.0939. The second-order valence-corrected chi connectivity index (χ2v) is 7.06. The number of carbonyl (C=O) groups excluding carboxylic acids is 2. The van der Waals surface area contributed by atoms with Gasteiger partial charge in [-0.05, 0) is 42.5 Å². The number of unbranched alkanes of at least 4 members (excludes halogenated alkanes) is 1. The van der Waals surface area contributed by atoms with Gasteiger partial charge >= 0.3 is 0 Å². The summed E-state index contributed by atoms with van der Waals surface area (Å²) in [5, 5.41) is 7.80. The van der Waals surface area contributed by atoms with E-state index < -0.39 is 0 Å². The van der Waals surface area contributed by atoms with Crippen molar-refractivity contribution in [1.29, 1.82) is 0 Å². The first-order chi connectivity index (χ1) is 12.6. The molecule has 2 N–H and O–H groups in total. The fourth-order valence-corrected chi connectivity index (χ4v) is 2.96. The molecule has 0 unspecified atom stereocenters. The van der Waals surface area contributed by atoms with Crippen molar-refractivity contribution in [1.82, 2.24) is 5.32 Å². The maximum Gasteiger partial charge on any atom is 0.265 e. The standard InChI is InChI=1S/C19H23ClN2O3S/c1-2-3-10-25-11-5-9-21-18(23)14-7-8-15(20)16(13-14)22-19(24)17-6-4-12-26-17/h4,6-8,12-13H,2-3,5,9-11H2,1H3,(H,21,23)(H,22,24). The number of amides is 2. The molecule has 1 aromatic carbocycles. The summed E-state index contributed by atoms with van der Waals surface area (Å²) in [4.78, 5) is 25.0. The Kier molecular flexibility index (Phi) is 8.61. The lowest BCUT2D eigenvalue weighted by Gasteiger charge is -2.10. The van der Waals surface area contributed by atoms with Crippen LogP contribution in [0.5, 0.6) is 0 Å². The lowest BCUT2D eigenvalue weighted by atomic mass is 10.2. The first-order valence-electron chi connectivity index (χ1n) is 8.62. The van der Waals surface area contributed by atoms with Crippen LogP contribution in [0.25, 0.3) is 0 Å². The molecule has 2 rings (SSSR count). The molecule has 0 aliphatic carbocycles. The lowest BCUT2D eigenvalue weighted by Crippen LogP contribution is -2.25. The Bertz CT molecular complexity index is 720. The summed E-state index contributed by atoms with van der Waals surface area (Å²) < 4.78 is 5.46. The molecule has 0 fully saturated rings. The van der Waals surface area contributed by atoms with Crippen LogP contribution in [0.4, 0.5) is 5.69 Å². The van der Waals surface area contributed by atoms with Crippen LogP contribution >= 0.6 is 22.9 Å². The largest absolute Gasteiger partial charge is 0.381 e. The second-order valence-electron chi connectivity index (χ2n) is 5.70. The highest BCUT2D eigenvalue weighted by molar-refractivity contribution is 7.12. The van der Waals surface area contributed by atoms with Crippen molar-refractivity contribution in [3.63, 3.8) is 0 Å². The summed E-state index contributed by atoms with van der Waals surface area (Å²) >= 11 is 7.47. The molecule has 0 saturated heterocycles. The number of halogens is 1. The molecular formula is C19H23ClN2O3S. The number of nitrogens with one attached hydrogen (secondary N) is 2. The zero-order valence-electron chi connectivity index (χ0n) is 14.7. The molecule has 0 bridgehead atoms. The van der Waals surface area contributed by atoms with Crippen LogP contribution in [0.2, 0.25) is 5.02 Å². The van der Waals surface area contributed by atoms with Crippen LogP contribution < -0.4 is 10.6 Å². The highest BCUT2D eigenvalue weighted by Gasteiger charge is 2.12. The molecule has 2 amide bonds. The van der Waals surface area contributed by atoms with E-state index in [0.717, 1.165) is 25.9 Å². The fourth-order valence-electron chi connectivity index (χ4n) is 2.18. The molecule has 2 aromatic rings. The van der Waals surface area contributed by atoms with Gasteiger partial charge in [0.1, 0.15) is 0 Å². The summed E-state index contributed by atoms with van der Waals surface area (Å²) in [7, 11) is 0. The zero-order valence-corrected chi connectivity index (χ0v) is 16.3. The van der Waals surface area contributed by atoms with Gasteiger partial charge in [0.05, 0.1) is 15.6 Å². The van der Waals surface area contributed by atoms with E-state index in [1.807, 2.05) is 5.38 Å². The van der Waals surface area contributed by atoms with E-state index in [-0.39, 0.29) is 11.8 Å². The van der Waals surface area contributed by atoms with Gasteiger partial charge in [0.2, 0.25) is 0 Å². The summed E-state index contributed by atoms with van der Waals surface area (Å²) in [6.07, 6.45) is 2.92. The minimum atomic E-state index is -0.247. The highest BCUT2D eigenvalue weighted by Crippen LogP contribution is 2.24. The molecule has 5 nitrogen and oxygen atoms in total. The Labute approximate surface area is 162 Å². The van der Waals surface area contributed by atoms with Crippen LogP contribution in [0.3, 0.4) is 0 Å². The second kappa shape index (κ2) is 11.0. The van der Waals surface area contributed by atoms with Crippen LogP contribution in [0.1, 0.15) is 46.2 Å². The van der Waals surface area contributed by atoms with E-state index in [0.29, 0.717) is 34.3 Å². The minimum Gasteiger partial charge on any atom is -0.381 e. The third kappa shape index (κ3) is 6.44. The number of hydrogen-bond donors (Lipinski definition) is 2. The molecule has 0 aliphatic heterocycles. The van der Waals surface area contributed by atoms with Gasteiger partial charge in [-0.25, -0.2) is 0 Å². The molecule has 0 aliphatic rings. The summed E-state index contributed by atoms with van der Waals surface area (Å²) in [5.41, 5.74) is 0.864. The van der Waals surface area contributed by atoms with Crippen molar-refractivity contribution in [2.45, 2.75) is 26.2 Å². The van der Waals surface area contributed by atoms with Gasteiger partial charge in [0.15, 0.2) is 0 Å². The molecule has 0 atom stereocenters. The van der Waals surface area contributed by atoms with Gasteiger partial charge in [0.25, 0.3) is 11.8 Å². The van der Waals surface area contributed by atoms with E-state index in [4.69, 9.17) is 16.3 Å². The molecule has 1 heterocycles. The van der Waals surface area contributed by atoms with Crippen molar-refractivity contribution in [2.24, 2.45) is 0 Å². The van der Waals surface area contributed by atoms with Crippen LogP contribution in [-0.4, -0.2) is 31.6 Å². The normalized spacial score (nSPS) is 10.5. The molecule has 26 heavy (non-hydrogen) atoms. The van der Waals surface area contributed by atoms with Gasteiger partial charge in [0, 0.05) is 25.3 Å². The Morgan fingerprint density at radius 2 is 1.96 bits per heavy atom. The third-order valence-corrected chi connectivity index (χ3v) is 4.81. The zero-order chi connectivity index (χ0) is 18.8. The average Bonchev–Trinajstić information content (AvgIpc) is 3.17. The van der Waals surface area contributed by atoms with Crippen molar-refractivity contribution in [2.75, 3.05) is 25.1 Å². The van der Waals surface area contributed by atoms with Crippen molar-refractivity contribution >= 4 is 40.4 Å². The minimum absolute atomic E-state index is 0.207. The molecule has 0 spiro atoms. The molecular weight excluding hydrogens is 372 g/mol. The number of rotatable bonds is 10. The van der Waals surface area contributed by atoms with Gasteiger partial charge in [-0.2, -0.15) is 0 Å². The number of carbonyl (C=O) groups is 2. The van der Waals surface area contributed by atoms with Gasteiger partial charge in [-0.1, -0.05) is 31.0 Å². The van der Waals surface area contributed by atoms with Crippen molar-refractivity contribution in [3.8, 4) is 0 Å². The van der Waals surface area contributed by atoms with Crippen molar-refractivity contribution in [3.05, 3.63) is 51.2 Å². The predicted molar refractivity (Wildman–Crippen MR) is 106 cm³/mol. The third-order valence-electron chi connectivity index (χ3n) is 3.61. The topological polar surface area (TPSA) is 67.4 Å². The Morgan fingerprint density at radius 1 is 1.15 bits per heavy atom. The number of thiophene rings is 1. The average molecular weight is 395 g/mol. The van der Waals surface area contributed by atoms with Crippen LogP contribution in [0, 0.1) is 0 Å². The highest BCUT2D eigenvalue weighted by atomic mass is 35.5. The molecule has 0 radical (unpaired) electrons. The predicted octanol–water partition coefficient (Wildman–Crippen LogP) is 4.59. The first kappa shape index (κ1) is 20.4. The molecule has 0 saturated carbocycles. The summed E-state index contributed by atoms with van der Waals surface area (Å²) in [6.45, 7) is 4.04. The molecule has 7 heteroatoms. The monoisotopic (exact) mass is 394 g/mol. The fraction of sp³-hybridized carbons (Fsp3) is 0.368. The van der Waals surface area contributed by atoms with Gasteiger partial charge in [-0.3, -0.25) is 9.59 Å². The van der Waals surface area contributed by atoms with Gasteiger partial charge in [-0.15, -0.1) is 11.3 Å². The SMILES string of the molecule is CCCCOCCCNC(=O)c1ccc(Cl)c(NC(=O)c2cccs2)c1. The first-order valence-corrected chi connectivity index (χ1v) is 9.88. The van der Waals surface area contributed by atoms with E-state index in [9.17, 15) is 9.59 Å². The van der Waals surface area contributed by atoms with Crippen molar-refractivity contribution < 1.29 is 14.3 Å². The Morgan fingerprint density at radius 3 is 2.69 bits per heavy atom. The molecule has 140 valence electrons. The summed E-state index contributed by atoms with van der Waals surface area (Å²) in [6, 6.07) is 8.36. The van der Waals surface area contributed by atoms with Crippen LogP contribution in [-0.2, 0) is 4.74 Å². The maximum atomic E-state index is 12.3. The van der Waals surface area contributed by atoms with Crippen LogP contribution in [0.15, 0.2) is 35.7 Å². The number of benzene rings is 1. The maximum absolute atomic E-state index is 12.3. The number of hydrogen-bond acceptors (Lipinski definition) is 4. The summed E-state index contributed by atoms with van der Waals surface area (Å²) in [5.74, 6) is -0.453. The Hall–Kier alpha value is -1.89. The number of ether oxygens (including phenoxy) is 1. The molecule has 1 aromatic heterocycles. The van der Waals surface area contributed by atoms with E-state index >= 15 is 0 Å². The smallest absolute Gasteiger partial charge is 0.265 e. The quantitative estimate of drug-likeness (QED) is 0.579. The van der Waals surface area contributed by atoms with E-state index in [1.54, 1.807) is 30.3 Å². The number of anilines is 1.